The lowest BCUT2D eigenvalue weighted by molar-refractivity contribution is 0.363. The zero-order valence-corrected chi connectivity index (χ0v) is 11.7. The molecule has 3 aromatic rings. The number of nitrogens with zero attached hydrogens (tertiary/aromatic N) is 2. The van der Waals surface area contributed by atoms with Crippen LogP contribution in [0.15, 0.2) is 57.7 Å². The molecule has 2 heterocycles. The third-order valence-corrected chi connectivity index (χ3v) is 3.12. The molecule has 0 aliphatic heterocycles. The van der Waals surface area contributed by atoms with E-state index in [0.29, 0.717) is 24.7 Å². The van der Waals surface area contributed by atoms with Crippen LogP contribution in [0.1, 0.15) is 23.0 Å². The van der Waals surface area contributed by atoms with E-state index in [1.165, 1.54) is 5.56 Å². The molecule has 0 amide bonds. The van der Waals surface area contributed by atoms with Gasteiger partial charge in [-0.25, -0.2) is 0 Å². The molecule has 5 nitrogen and oxygen atoms in total. The van der Waals surface area contributed by atoms with Gasteiger partial charge in [-0.1, -0.05) is 35.5 Å². The van der Waals surface area contributed by atoms with Crippen LogP contribution in [-0.2, 0) is 19.4 Å². The van der Waals surface area contributed by atoms with Gasteiger partial charge in [0.2, 0.25) is 5.89 Å². The van der Waals surface area contributed by atoms with Crippen LogP contribution in [0.25, 0.3) is 0 Å². The van der Waals surface area contributed by atoms with E-state index in [-0.39, 0.29) is 0 Å². The Hall–Kier alpha value is -2.40. The van der Waals surface area contributed by atoms with Crippen molar-refractivity contribution in [2.75, 3.05) is 6.54 Å². The summed E-state index contributed by atoms with van der Waals surface area (Å²) in [5.74, 6) is 2.29. The zero-order chi connectivity index (χ0) is 14.3. The maximum absolute atomic E-state index is 5.26. The van der Waals surface area contributed by atoms with Crippen LogP contribution in [-0.4, -0.2) is 16.7 Å². The first-order chi connectivity index (χ1) is 10.4. The number of aromatic nitrogens is 2. The van der Waals surface area contributed by atoms with Crippen molar-refractivity contribution in [2.45, 2.75) is 19.4 Å². The summed E-state index contributed by atoms with van der Waals surface area (Å²) in [5.41, 5.74) is 1.18. The summed E-state index contributed by atoms with van der Waals surface area (Å²) in [6, 6.07) is 14.0. The molecule has 0 saturated carbocycles. The summed E-state index contributed by atoms with van der Waals surface area (Å²) >= 11 is 0. The van der Waals surface area contributed by atoms with Crippen molar-refractivity contribution in [3.05, 3.63) is 71.8 Å². The molecular formula is C16H17N3O2. The molecule has 0 bridgehead atoms. The number of hydrogen-bond donors (Lipinski definition) is 1. The Bertz CT molecular complexity index is 647. The predicted octanol–water partition coefficient (Wildman–Crippen LogP) is 2.59. The average Bonchev–Trinajstić information content (AvgIpc) is 3.17. The Balaban J connectivity index is 1.44. The number of rotatable bonds is 7. The second-order valence-electron chi connectivity index (χ2n) is 4.77. The quantitative estimate of drug-likeness (QED) is 0.675. The highest BCUT2D eigenvalue weighted by atomic mass is 16.5. The van der Waals surface area contributed by atoms with Crippen LogP contribution in [0.4, 0.5) is 0 Å². The number of hydrogen-bond acceptors (Lipinski definition) is 5. The second-order valence-corrected chi connectivity index (χ2v) is 4.77. The third-order valence-electron chi connectivity index (χ3n) is 3.12. The first kappa shape index (κ1) is 13.6. The number of furan rings is 1. The maximum Gasteiger partial charge on any atom is 0.240 e. The van der Waals surface area contributed by atoms with Crippen molar-refractivity contribution < 1.29 is 8.94 Å². The summed E-state index contributed by atoms with van der Waals surface area (Å²) < 4.78 is 10.5. The highest BCUT2D eigenvalue weighted by Gasteiger charge is 2.06. The summed E-state index contributed by atoms with van der Waals surface area (Å²) in [4.78, 5) is 4.38. The van der Waals surface area contributed by atoms with Gasteiger partial charge in [0.1, 0.15) is 5.76 Å². The molecule has 3 rings (SSSR count). The molecule has 1 N–H and O–H groups in total. The summed E-state index contributed by atoms with van der Waals surface area (Å²) in [7, 11) is 0. The van der Waals surface area contributed by atoms with Gasteiger partial charge in [0, 0.05) is 19.4 Å². The minimum absolute atomic E-state index is 0.572. The van der Waals surface area contributed by atoms with Gasteiger partial charge in [0.15, 0.2) is 5.82 Å². The zero-order valence-electron chi connectivity index (χ0n) is 11.7. The van der Waals surface area contributed by atoms with Gasteiger partial charge in [0.25, 0.3) is 0 Å². The van der Waals surface area contributed by atoms with Crippen LogP contribution in [0, 0.1) is 0 Å². The Morgan fingerprint density at radius 1 is 1.05 bits per heavy atom. The van der Waals surface area contributed by atoms with E-state index < -0.39 is 0 Å². The second kappa shape index (κ2) is 6.85. The average molecular weight is 283 g/mol. The monoisotopic (exact) mass is 283 g/mol. The van der Waals surface area contributed by atoms with Crippen LogP contribution >= 0.6 is 0 Å². The van der Waals surface area contributed by atoms with Crippen molar-refractivity contribution in [1.82, 2.24) is 15.5 Å². The maximum atomic E-state index is 5.26. The van der Waals surface area contributed by atoms with Gasteiger partial charge in [-0.05, 0) is 17.7 Å². The van der Waals surface area contributed by atoms with Gasteiger partial charge < -0.3 is 14.3 Å². The molecule has 0 aliphatic carbocycles. The third kappa shape index (κ3) is 4.03. The summed E-state index contributed by atoms with van der Waals surface area (Å²) in [6.07, 6.45) is 3.22. The fourth-order valence-electron chi connectivity index (χ4n) is 2.07. The molecule has 0 aliphatic rings. The Kier molecular flexibility index (Phi) is 4.43. The molecule has 0 saturated heterocycles. The lowest BCUT2D eigenvalue weighted by atomic mass is 10.1. The topological polar surface area (TPSA) is 64.1 Å². The van der Waals surface area contributed by atoms with Crippen molar-refractivity contribution in [1.29, 1.82) is 0 Å². The van der Waals surface area contributed by atoms with Crippen molar-refractivity contribution in [2.24, 2.45) is 0 Å². The van der Waals surface area contributed by atoms with E-state index in [0.717, 1.165) is 18.7 Å². The molecular weight excluding hydrogens is 266 g/mol. The molecule has 5 heteroatoms. The Labute approximate surface area is 123 Å². The first-order valence-corrected chi connectivity index (χ1v) is 6.98. The van der Waals surface area contributed by atoms with Gasteiger partial charge in [-0.3, -0.25) is 0 Å². The lowest BCUT2D eigenvalue weighted by Gasteiger charge is -1.98. The van der Waals surface area contributed by atoms with Gasteiger partial charge in [-0.15, -0.1) is 0 Å². The van der Waals surface area contributed by atoms with E-state index in [4.69, 9.17) is 8.94 Å². The van der Waals surface area contributed by atoms with Gasteiger partial charge >= 0.3 is 0 Å². The standard InChI is InChI=1S/C16H17N3O2/c1-2-5-13(6-3-1)11-15-18-16(21-19-15)12-17-9-8-14-7-4-10-20-14/h1-7,10,17H,8-9,11-12H2. The minimum Gasteiger partial charge on any atom is -0.469 e. The van der Waals surface area contributed by atoms with Gasteiger partial charge in [-0.2, -0.15) is 4.98 Å². The summed E-state index contributed by atoms with van der Waals surface area (Å²) in [6.45, 7) is 1.38. The molecule has 2 aromatic heterocycles. The number of nitrogens with one attached hydrogen (secondary N) is 1. The van der Waals surface area contributed by atoms with Crippen molar-refractivity contribution in [3.63, 3.8) is 0 Å². The molecule has 21 heavy (non-hydrogen) atoms. The van der Waals surface area contributed by atoms with E-state index in [9.17, 15) is 0 Å². The fraction of sp³-hybridized carbons (Fsp3) is 0.250. The normalized spacial score (nSPS) is 10.9. The van der Waals surface area contributed by atoms with E-state index in [1.807, 2.05) is 30.3 Å². The molecule has 0 radical (unpaired) electrons. The lowest BCUT2D eigenvalue weighted by Crippen LogP contribution is -2.16. The smallest absolute Gasteiger partial charge is 0.240 e. The Morgan fingerprint density at radius 2 is 1.95 bits per heavy atom. The SMILES string of the molecule is c1ccc(Cc2noc(CNCCc3ccco3)n2)cc1. The molecule has 1 aromatic carbocycles. The fourth-order valence-corrected chi connectivity index (χ4v) is 2.07. The van der Waals surface area contributed by atoms with Crippen molar-refractivity contribution >= 4 is 0 Å². The molecule has 0 spiro atoms. The van der Waals surface area contributed by atoms with Crippen LogP contribution < -0.4 is 5.32 Å². The van der Waals surface area contributed by atoms with Crippen LogP contribution in [0.3, 0.4) is 0 Å². The highest BCUT2D eigenvalue weighted by molar-refractivity contribution is 5.18. The predicted molar refractivity (Wildman–Crippen MR) is 77.7 cm³/mol. The van der Waals surface area contributed by atoms with E-state index in [2.05, 4.69) is 27.6 Å². The largest absolute Gasteiger partial charge is 0.469 e. The van der Waals surface area contributed by atoms with E-state index >= 15 is 0 Å². The van der Waals surface area contributed by atoms with E-state index in [1.54, 1.807) is 6.26 Å². The Morgan fingerprint density at radius 3 is 2.76 bits per heavy atom. The van der Waals surface area contributed by atoms with Crippen LogP contribution in [0.5, 0.6) is 0 Å². The number of benzene rings is 1. The molecule has 108 valence electrons. The van der Waals surface area contributed by atoms with Crippen LogP contribution in [0.2, 0.25) is 0 Å². The van der Waals surface area contributed by atoms with Gasteiger partial charge in [0.05, 0.1) is 12.8 Å². The van der Waals surface area contributed by atoms with Crippen molar-refractivity contribution in [3.8, 4) is 0 Å². The summed E-state index contributed by atoms with van der Waals surface area (Å²) in [5, 5.41) is 7.26. The molecule has 0 atom stereocenters. The molecule has 0 unspecified atom stereocenters. The molecule has 0 fully saturated rings. The first-order valence-electron chi connectivity index (χ1n) is 6.98. The highest BCUT2D eigenvalue weighted by Crippen LogP contribution is 2.06. The minimum atomic E-state index is 0.572.